The molecule has 0 aliphatic heterocycles. The van der Waals surface area contributed by atoms with Crippen LogP contribution in [-0.4, -0.2) is 32.8 Å². The first-order valence-corrected chi connectivity index (χ1v) is 4.72. The van der Waals surface area contributed by atoms with Gasteiger partial charge in [-0.25, -0.2) is 0 Å². The van der Waals surface area contributed by atoms with Gasteiger partial charge in [-0.05, 0) is 19.3 Å². The van der Waals surface area contributed by atoms with E-state index in [1.807, 2.05) is 0 Å². The van der Waals surface area contributed by atoms with Crippen molar-refractivity contribution in [1.82, 2.24) is 0 Å². The highest BCUT2D eigenvalue weighted by atomic mass is 16.7. The van der Waals surface area contributed by atoms with Crippen molar-refractivity contribution >= 4 is 5.71 Å². The summed E-state index contributed by atoms with van der Waals surface area (Å²) in [4.78, 5) is 4.40. The second kappa shape index (κ2) is 7.04. The Morgan fingerprint density at radius 1 is 1.31 bits per heavy atom. The summed E-state index contributed by atoms with van der Waals surface area (Å²) < 4.78 is 10.1. The van der Waals surface area contributed by atoms with Crippen molar-refractivity contribution in [3.63, 3.8) is 0 Å². The van der Waals surface area contributed by atoms with Crippen LogP contribution in [0, 0.1) is 5.92 Å². The fourth-order valence-corrected chi connectivity index (χ4v) is 0.915. The molecular formula is C10H21NO2. The number of methoxy groups -OCH3 is 2. The molecular weight excluding hydrogens is 166 g/mol. The topological polar surface area (TPSA) is 30.8 Å². The summed E-state index contributed by atoms with van der Waals surface area (Å²) in [6.07, 6.45) is 0.916. The Kier molecular flexibility index (Phi) is 6.82. The van der Waals surface area contributed by atoms with E-state index < -0.39 is 0 Å². The van der Waals surface area contributed by atoms with Gasteiger partial charge in [0.1, 0.15) is 0 Å². The number of hydrogen-bond acceptors (Lipinski definition) is 3. The van der Waals surface area contributed by atoms with Gasteiger partial charge in [0.15, 0.2) is 6.29 Å². The van der Waals surface area contributed by atoms with Gasteiger partial charge in [0.2, 0.25) is 0 Å². The summed E-state index contributed by atoms with van der Waals surface area (Å²) >= 11 is 0. The van der Waals surface area contributed by atoms with Crippen molar-refractivity contribution in [2.75, 3.05) is 20.8 Å². The molecule has 0 amide bonds. The molecule has 78 valence electrons. The number of nitrogens with zero attached hydrogens (tertiary/aromatic N) is 1. The molecule has 3 heteroatoms. The summed E-state index contributed by atoms with van der Waals surface area (Å²) in [5, 5.41) is 0. The molecule has 0 aromatic carbocycles. The standard InChI is InChI=1S/C10H21NO2/c1-6-8(2)9(3)11-7-10(12-4)13-5/h8,10H,6-7H2,1-5H3. The van der Waals surface area contributed by atoms with Gasteiger partial charge in [-0.2, -0.15) is 0 Å². The summed E-state index contributed by atoms with van der Waals surface area (Å²) in [5.41, 5.74) is 1.17. The van der Waals surface area contributed by atoms with Gasteiger partial charge >= 0.3 is 0 Å². The molecule has 0 aliphatic rings. The number of ether oxygens (including phenoxy) is 2. The Bertz CT molecular complexity index is 153. The molecule has 1 unspecified atom stereocenters. The fraction of sp³-hybridized carbons (Fsp3) is 0.900. The molecule has 13 heavy (non-hydrogen) atoms. The number of hydrogen-bond donors (Lipinski definition) is 0. The van der Waals surface area contributed by atoms with Gasteiger partial charge in [-0.15, -0.1) is 0 Å². The molecule has 0 rings (SSSR count). The van der Waals surface area contributed by atoms with Crippen LogP contribution in [0.3, 0.4) is 0 Å². The van der Waals surface area contributed by atoms with Gasteiger partial charge in [0.05, 0.1) is 6.54 Å². The molecule has 0 saturated carbocycles. The summed E-state index contributed by atoms with van der Waals surface area (Å²) in [7, 11) is 3.25. The Hall–Kier alpha value is -0.410. The lowest BCUT2D eigenvalue weighted by atomic mass is 10.0. The molecule has 0 saturated heterocycles. The van der Waals surface area contributed by atoms with E-state index >= 15 is 0 Å². The highest BCUT2D eigenvalue weighted by Gasteiger charge is 2.05. The molecule has 0 radical (unpaired) electrons. The minimum Gasteiger partial charge on any atom is -0.354 e. The molecule has 0 bridgehead atoms. The maximum atomic E-state index is 5.03. The zero-order valence-corrected chi connectivity index (χ0v) is 9.33. The van der Waals surface area contributed by atoms with E-state index in [0.29, 0.717) is 12.5 Å². The third-order valence-electron chi connectivity index (χ3n) is 2.34. The van der Waals surface area contributed by atoms with Crippen molar-refractivity contribution in [3.8, 4) is 0 Å². The first-order valence-electron chi connectivity index (χ1n) is 4.72. The van der Waals surface area contributed by atoms with E-state index in [9.17, 15) is 0 Å². The average molecular weight is 187 g/mol. The SMILES string of the molecule is CCC(C)C(C)=NCC(OC)OC. The van der Waals surface area contributed by atoms with Crippen LogP contribution in [0.25, 0.3) is 0 Å². The summed E-state index contributed by atoms with van der Waals surface area (Å²) in [5.74, 6) is 0.550. The van der Waals surface area contributed by atoms with Gasteiger partial charge in [-0.1, -0.05) is 13.8 Å². The highest BCUT2D eigenvalue weighted by Crippen LogP contribution is 2.04. The van der Waals surface area contributed by atoms with Crippen LogP contribution in [0.1, 0.15) is 27.2 Å². The Morgan fingerprint density at radius 2 is 1.85 bits per heavy atom. The molecule has 0 spiro atoms. The quantitative estimate of drug-likeness (QED) is 0.471. The second-order valence-corrected chi connectivity index (χ2v) is 3.19. The van der Waals surface area contributed by atoms with E-state index in [4.69, 9.17) is 9.47 Å². The first-order chi connectivity index (χ1) is 6.15. The third kappa shape index (κ3) is 5.01. The fourth-order valence-electron chi connectivity index (χ4n) is 0.915. The smallest absolute Gasteiger partial charge is 0.176 e. The third-order valence-corrected chi connectivity index (χ3v) is 2.34. The Morgan fingerprint density at radius 3 is 2.23 bits per heavy atom. The van der Waals surface area contributed by atoms with Crippen LogP contribution in [0.4, 0.5) is 0 Å². The first kappa shape index (κ1) is 12.6. The minimum atomic E-state index is -0.209. The zero-order chi connectivity index (χ0) is 10.3. The maximum Gasteiger partial charge on any atom is 0.176 e. The zero-order valence-electron chi connectivity index (χ0n) is 9.33. The molecule has 0 aliphatic carbocycles. The highest BCUT2D eigenvalue weighted by molar-refractivity contribution is 5.83. The lowest BCUT2D eigenvalue weighted by Crippen LogP contribution is -2.18. The maximum absolute atomic E-state index is 5.03. The van der Waals surface area contributed by atoms with E-state index in [0.717, 1.165) is 6.42 Å². The van der Waals surface area contributed by atoms with Gasteiger partial charge < -0.3 is 9.47 Å². The molecule has 0 N–H and O–H groups in total. The molecule has 0 heterocycles. The molecule has 0 fully saturated rings. The van der Waals surface area contributed by atoms with E-state index in [1.54, 1.807) is 14.2 Å². The monoisotopic (exact) mass is 187 g/mol. The van der Waals surface area contributed by atoms with Crippen LogP contribution in [0.2, 0.25) is 0 Å². The van der Waals surface area contributed by atoms with E-state index in [1.165, 1.54) is 5.71 Å². The summed E-state index contributed by atoms with van der Waals surface area (Å²) in [6.45, 7) is 6.97. The van der Waals surface area contributed by atoms with E-state index in [-0.39, 0.29) is 6.29 Å². The predicted octanol–water partition coefficient (Wildman–Crippen LogP) is 2.11. The Balaban J connectivity index is 3.93. The molecule has 0 aromatic heterocycles. The van der Waals surface area contributed by atoms with Crippen molar-refractivity contribution in [2.24, 2.45) is 10.9 Å². The number of aliphatic imine (C=N–C) groups is 1. The van der Waals surface area contributed by atoms with Gasteiger partial charge in [-0.3, -0.25) is 4.99 Å². The minimum absolute atomic E-state index is 0.209. The van der Waals surface area contributed by atoms with Crippen molar-refractivity contribution in [1.29, 1.82) is 0 Å². The largest absolute Gasteiger partial charge is 0.354 e. The van der Waals surface area contributed by atoms with Crippen LogP contribution >= 0.6 is 0 Å². The lowest BCUT2D eigenvalue weighted by Gasteiger charge is -2.12. The van der Waals surface area contributed by atoms with Crippen LogP contribution in [-0.2, 0) is 9.47 Å². The second-order valence-electron chi connectivity index (χ2n) is 3.19. The van der Waals surface area contributed by atoms with Gasteiger partial charge in [0.25, 0.3) is 0 Å². The van der Waals surface area contributed by atoms with E-state index in [2.05, 4.69) is 25.8 Å². The number of rotatable bonds is 6. The van der Waals surface area contributed by atoms with Crippen LogP contribution < -0.4 is 0 Å². The van der Waals surface area contributed by atoms with Crippen LogP contribution in [0.15, 0.2) is 4.99 Å². The predicted molar refractivity (Wildman–Crippen MR) is 55.2 cm³/mol. The molecule has 1 atom stereocenters. The summed E-state index contributed by atoms with van der Waals surface area (Å²) in [6, 6.07) is 0. The lowest BCUT2D eigenvalue weighted by molar-refractivity contribution is -0.0937. The van der Waals surface area contributed by atoms with Crippen LogP contribution in [0.5, 0.6) is 0 Å². The normalized spacial score (nSPS) is 15.1. The molecule has 0 aromatic rings. The Labute approximate surface area is 81.1 Å². The molecule has 3 nitrogen and oxygen atoms in total. The average Bonchev–Trinajstić information content (AvgIpc) is 2.17. The van der Waals surface area contributed by atoms with Crippen molar-refractivity contribution in [2.45, 2.75) is 33.5 Å². The van der Waals surface area contributed by atoms with Crippen molar-refractivity contribution in [3.05, 3.63) is 0 Å². The van der Waals surface area contributed by atoms with Crippen molar-refractivity contribution < 1.29 is 9.47 Å². The van der Waals surface area contributed by atoms with Gasteiger partial charge in [0, 0.05) is 19.9 Å².